The number of aromatic nitrogens is 3. The summed E-state index contributed by atoms with van der Waals surface area (Å²) in [7, 11) is 3.50. The van der Waals surface area contributed by atoms with E-state index in [2.05, 4.69) is 30.9 Å². The Morgan fingerprint density at radius 2 is 1.33 bits per heavy atom. The van der Waals surface area contributed by atoms with Gasteiger partial charge in [0.2, 0.25) is 17.8 Å². The lowest BCUT2D eigenvalue weighted by atomic mass is 10.3. The minimum Gasteiger partial charge on any atom is -0.357 e. The lowest BCUT2D eigenvalue weighted by Crippen LogP contribution is -2.06. The van der Waals surface area contributed by atoms with Crippen molar-refractivity contribution in [3.05, 3.63) is 29.3 Å². The first-order valence-corrected chi connectivity index (χ1v) is 5.73. The molecule has 0 spiro atoms. The van der Waals surface area contributed by atoms with Crippen LogP contribution < -0.4 is 16.0 Å². The molecule has 2 rings (SSSR count). The molecule has 7 heteroatoms. The molecule has 0 atom stereocenters. The van der Waals surface area contributed by atoms with E-state index in [9.17, 15) is 0 Å². The number of hydrogen-bond donors (Lipinski definition) is 3. The molecule has 0 amide bonds. The van der Waals surface area contributed by atoms with Gasteiger partial charge in [-0.05, 0) is 24.3 Å². The normalized spacial score (nSPS) is 9.94. The molecule has 0 aliphatic heterocycles. The van der Waals surface area contributed by atoms with Gasteiger partial charge in [0, 0.05) is 24.8 Å². The first-order chi connectivity index (χ1) is 8.71. The highest BCUT2D eigenvalue weighted by molar-refractivity contribution is 6.30. The van der Waals surface area contributed by atoms with Crippen LogP contribution in [0.4, 0.5) is 23.5 Å². The number of hydrogen-bond acceptors (Lipinski definition) is 6. The van der Waals surface area contributed by atoms with Gasteiger partial charge in [-0.1, -0.05) is 11.6 Å². The van der Waals surface area contributed by atoms with Crippen molar-refractivity contribution in [1.29, 1.82) is 0 Å². The lowest BCUT2D eigenvalue weighted by molar-refractivity contribution is 1.05. The number of nitrogens with one attached hydrogen (secondary N) is 3. The van der Waals surface area contributed by atoms with Gasteiger partial charge in [0.05, 0.1) is 0 Å². The fraction of sp³-hybridized carbons (Fsp3) is 0.182. The average Bonchev–Trinajstić information content (AvgIpc) is 2.41. The van der Waals surface area contributed by atoms with Gasteiger partial charge in [-0.2, -0.15) is 15.0 Å². The van der Waals surface area contributed by atoms with Gasteiger partial charge in [0.25, 0.3) is 0 Å². The molecular formula is C11H13ClN6. The minimum atomic E-state index is 0.459. The predicted octanol–water partition coefficient (Wildman–Crippen LogP) is 2.35. The van der Waals surface area contributed by atoms with Crippen LogP contribution in [0.15, 0.2) is 24.3 Å². The Morgan fingerprint density at radius 1 is 0.833 bits per heavy atom. The minimum absolute atomic E-state index is 0.459. The third kappa shape index (κ3) is 2.98. The number of anilines is 4. The van der Waals surface area contributed by atoms with Crippen molar-refractivity contribution in [3.8, 4) is 0 Å². The first kappa shape index (κ1) is 12.4. The maximum absolute atomic E-state index is 5.82. The second-order valence-corrected chi connectivity index (χ2v) is 3.87. The Balaban J connectivity index is 2.25. The van der Waals surface area contributed by atoms with Crippen molar-refractivity contribution >= 4 is 35.1 Å². The summed E-state index contributed by atoms with van der Waals surface area (Å²) in [4.78, 5) is 12.5. The molecule has 1 aromatic carbocycles. The van der Waals surface area contributed by atoms with Gasteiger partial charge in [-0.25, -0.2) is 0 Å². The molecule has 3 N–H and O–H groups in total. The van der Waals surface area contributed by atoms with Crippen molar-refractivity contribution in [1.82, 2.24) is 15.0 Å². The maximum atomic E-state index is 5.82. The van der Waals surface area contributed by atoms with Gasteiger partial charge in [0.1, 0.15) is 0 Å². The molecule has 0 aliphatic rings. The Kier molecular flexibility index (Phi) is 3.78. The summed E-state index contributed by atoms with van der Waals surface area (Å²) in [6.07, 6.45) is 0. The molecule has 0 saturated heterocycles. The highest BCUT2D eigenvalue weighted by Crippen LogP contribution is 2.17. The van der Waals surface area contributed by atoms with E-state index in [1.165, 1.54) is 0 Å². The second kappa shape index (κ2) is 5.50. The summed E-state index contributed by atoms with van der Waals surface area (Å²) in [6.45, 7) is 0. The van der Waals surface area contributed by atoms with E-state index in [1.54, 1.807) is 26.2 Å². The van der Waals surface area contributed by atoms with Crippen molar-refractivity contribution in [2.24, 2.45) is 0 Å². The maximum Gasteiger partial charge on any atom is 0.233 e. The van der Waals surface area contributed by atoms with Crippen molar-refractivity contribution in [3.63, 3.8) is 0 Å². The summed E-state index contributed by atoms with van der Waals surface area (Å²) < 4.78 is 0. The SMILES string of the molecule is CNc1nc(NC)nc(Nc2ccc(Cl)cc2)n1. The third-order valence-corrected chi connectivity index (χ3v) is 2.43. The fourth-order valence-corrected chi connectivity index (χ4v) is 1.44. The van der Waals surface area contributed by atoms with E-state index in [1.807, 2.05) is 12.1 Å². The summed E-state index contributed by atoms with van der Waals surface area (Å²) >= 11 is 5.82. The molecule has 0 aliphatic carbocycles. The number of halogens is 1. The smallest absolute Gasteiger partial charge is 0.233 e. The zero-order valence-electron chi connectivity index (χ0n) is 10.0. The van der Waals surface area contributed by atoms with Crippen LogP contribution in [0, 0.1) is 0 Å². The monoisotopic (exact) mass is 264 g/mol. The topological polar surface area (TPSA) is 74.8 Å². The predicted molar refractivity (Wildman–Crippen MR) is 73.7 cm³/mol. The van der Waals surface area contributed by atoms with Crippen LogP contribution >= 0.6 is 11.6 Å². The zero-order chi connectivity index (χ0) is 13.0. The molecule has 2 aromatic rings. The molecule has 0 saturated carbocycles. The van der Waals surface area contributed by atoms with Crippen molar-refractivity contribution in [2.75, 3.05) is 30.0 Å². The summed E-state index contributed by atoms with van der Waals surface area (Å²) in [6, 6.07) is 7.29. The Labute approximate surface area is 110 Å². The fourth-order valence-electron chi connectivity index (χ4n) is 1.32. The van der Waals surface area contributed by atoms with E-state index in [-0.39, 0.29) is 0 Å². The van der Waals surface area contributed by atoms with Crippen LogP contribution in [0.5, 0.6) is 0 Å². The van der Waals surface area contributed by atoms with Gasteiger partial charge < -0.3 is 16.0 Å². The van der Waals surface area contributed by atoms with Crippen LogP contribution in [0.1, 0.15) is 0 Å². The molecule has 0 radical (unpaired) electrons. The molecule has 6 nitrogen and oxygen atoms in total. The Hall–Kier alpha value is -2.08. The van der Waals surface area contributed by atoms with Gasteiger partial charge in [0.15, 0.2) is 0 Å². The van der Waals surface area contributed by atoms with Crippen molar-refractivity contribution in [2.45, 2.75) is 0 Å². The molecule has 1 heterocycles. The quantitative estimate of drug-likeness (QED) is 0.787. The van der Waals surface area contributed by atoms with E-state index >= 15 is 0 Å². The van der Waals surface area contributed by atoms with Crippen molar-refractivity contribution < 1.29 is 0 Å². The van der Waals surface area contributed by atoms with E-state index in [0.29, 0.717) is 22.9 Å². The summed E-state index contributed by atoms with van der Waals surface area (Å²) in [5.74, 6) is 1.44. The molecule has 0 fully saturated rings. The number of rotatable bonds is 4. The molecular weight excluding hydrogens is 252 g/mol. The lowest BCUT2D eigenvalue weighted by Gasteiger charge is -2.08. The standard InChI is InChI=1S/C11H13ClN6/c1-13-9-16-10(14-2)18-11(17-9)15-8-5-3-7(12)4-6-8/h3-6H,1-2H3,(H3,13,14,15,16,17,18). The van der Waals surface area contributed by atoms with E-state index in [4.69, 9.17) is 11.6 Å². The molecule has 1 aromatic heterocycles. The summed E-state index contributed by atoms with van der Waals surface area (Å²) in [5, 5.41) is 9.51. The van der Waals surface area contributed by atoms with Crippen LogP contribution in [0.2, 0.25) is 5.02 Å². The summed E-state index contributed by atoms with van der Waals surface area (Å²) in [5.41, 5.74) is 0.856. The van der Waals surface area contributed by atoms with E-state index < -0.39 is 0 Å². The highest BCUT2D eigenvalue weighted by Gasteiger charge is 2.04. The number of benzene rings is 1. The first-order valence-electron chi connectivity index (χ1n) is 5.35. The zero-order valence-corrected chi connectivity index (χ0v) is 10.8. The largest absolute Gasteiger partial charge is 0.357 e. The molecule has 0 bridgehead atoms. The molecule has 94 valence electrons. The van der Waals surface area contributed by atoms with Crippen LogP contribution in [-0.2, 0) is 0 Å². The van der Waals surface area contributed by atoms with E-state index in [0.717, 1.165) is 5.69 Å². The third-order valence-electron chi connectivity index (χ3n) is 2.18. The average molecular weight is 265 g/mol. The van der Waals surface area contributed by atoms with Gasteiger partial charge in [-0.3, -0.25) is 0 Å². The highest BCUT2D eigenvalue weighted by atomic mass is 35.5. The van der Waals surface area contributed by atoms with Gasteiger partial charge in [-0.15, -0.1) is 0 Å². The van der Waals surface area contributed by atoms with Crippen LogP contribution in [-0.4, -0.2) is 29.0 Å². The number of nitrogens with zero attached hydrogens (tertiary/aromatic N) is 3. The van der Waals surface area contributed by atoms with Gasteiger partial charge >= 0.3 is 0 Å². The molecule has 18 heavy (non-hydrogen) atoms. The Morgan fingerprint density at radius 3 is 1.83 bits per heavy atom. The van der Waals surface area contributed by atoms with Crippen LogP contribution in [0.25, 0.3) is 0 Å². The second-order valence-electron chi connectivity index (χ2n) is 3.44. The molecule has 0 unspecified atom stereocenters. The Bertz CT molecular complexity index is 505. The van der Waals surface area contributed by atoms with Crippen LogP contribution in [0.3, 0.4) is 0 Å².